The second kappa shape index (κ2) is 6.51. The van der Waals surface area contributed by atoms with Gasteiger partial charge in [-0.25, -0.2) is 13.2 Å². The van der Waals surface area contributed by atoms with Crippen LogP contribution in [0.25, 0.3) is 10.9 Å². The number of sulfonamides is 1. The number of carboxylic acid groups (broad SMARTS) is 1. The van der Waals surface area contributed by atoms with Crippen LogP contribution in [0.15, 0.2) is 47.4 Å². The zero-order valence-corrected chi connectivity index (χ0v) is 15.7. The molecular weight excluding hydrogens is 364 g/mol. The van der Waals surface area contributed by atoms with Crippen molar-refractivity contribution in [1.29, 1.82) is 0 Å². The third kappa shape index (κ3) is 3.02. The van der Waals surface area contributed by atoms with Gasteiger partial charge in [-0.3, -0.25) is 0 Å². The topological polar surface area (TPSA) is 90.5 Å². The average molecular weight is 384 g/mol. The lowest BCUT2D eigenvalue weighted by atomic mass is 10.0. The van der Waals surface area contributed by atoms with Gasteiger partial charge >= 0.3 is 5.97 Å². The third-order valence-electron chi connectivity index (χ3n) is 5.16. The van der Waals surface area contributed by atoms with E-state index in [9.17, 15) is 18.3 Å². The van der Waals surface area contributed by atoms with Gasteiger partial charge in [-0.1, -0.05) is 19.1 Å². The number of rotatable bonds is 4. The molecule has 27 heavy (non-hydrogen) atoms. The Labute approximate surface area is 157 Å². The number of carbonyl (C=O) groups is 1. The number of aromatic amines is 1. The van der Waals surface area contributed by atoms with Crippen LogP contribution < -0.4 is 0 Å². The first-order chi connectivity index (χ1) is 12.9. The quantitative estimate of drug-likeness (QED) is 0.723. The SMILES string of the molecule is CCc1ccc(S(=O)(=O)N2CCc3[nH]c4ccc(C(=O)O)cc4c3C2)cc1. The van der Waals surface area contributed by atoms with Gasteiger partial charge in [-0.15, -0.1) is 0 Å². The maximum Gasteiger partial charge on any atom is 0.335 e. The summed E-state index contributed by atoms with van der Waals surface area (Å²) < 4.78 is 27.6. The number of aryl methyl sites for hydroxylation is 1. The zero-order chi connectivity index (χ0) is 19.2. The van der Waals surface area contributed by atoms with E-state index in [-0.39, 0.29) is 17.0 Å². The van der Waals surface area contributed by atoms with Crippen molar-refractivity contribution >= 4 is 26.9 Å². The molecule has 2 aromatic carbocycles. The molecular formula is C20H20N2O4S. The van der Waals surface area contributed by atoms with Crippen LogP contribution in [0.4, 0.5) is 0 Å². The molecule has 0 unspecified atom stereocenters. The van der Waals surface area contributed by atoms with Crippen molar-refractivity contribution in [3.05, 3.63) is 64.8 Å². The van der Waals surface area contributed by atoms with Gasteiger partial charge in [0, 0.05) is 36.1 Å². The average Bonchev–Trinajstić information content (AvgIpc) is 3.05. The van der Waals surface area contributed by atoms with E-state index >= 15 is 0 Å². The number of hydrogen-bond donors (Lipinski definition) is 2. The van der Waals surface area contributed by atoms with Crippen molar-refractivity contribution in [2.75, 3.05) is 6.54 Å². The van der Waals surface area contributed by atoms with Gasteiger partial charge in [0.25, 0.3) is 0 Å². The number of carboxylic acids is 1. The molecule has 2 heterocycles. The molecule has 0 bridgehead atoms. The number of nitrogens with one attached hydrogen (secondary N) is 1. The van der Waals surface area contributed by atoms with Crippen LogP contribution in [-0.2, 0) is 29.4 Å². The molecule has 4 rings (SSSR count). The number of hydrogen-bond acceptors (Lipinski definition) is 3. The highest BCUT2D eigenvalue weighted by Crippen LogP contribution is 2.31. The molecule has 6 nitrogen and oxygen atoms in total. The normalized spacial score (nSPS) is 15.0. The predicted molar refractivity (Wildman–Crippen MR) is 102 cm³/mol. The van der Waals surface area contributed by atoms with Crippen LogP contribution in [0.3, 0.4) is 0 Å². The Morgan fingerprint density at radius 3 is 2.59 bits per heavy atom. The van der Waals surface area contributed by atoms with Gasteiger partial charge in [0.1, 0.15) is 0 Å². The van der Waals surface area contributed by atoms with E-state index in [4.69, 9.17) is 0 Å². The molecule has 0 amide bonds. The molecule has 1 aromatic heterocycles. The number of fused-ring (bicyclic) bond motifs is 3. The van der Waals surface area contributed by atoms with E-state index in [1.54, 1.807) is 30.3 Å². The van der Waals surface area contributed by atoms with Crippen LogP contribution in [0, 0.1) is 0 Å². The van der Waals surface area contributed by atoms with Crippen molar-refractivity contribution in [3.63, 3.8) is 0 Å². The van der Waals surface area contributed by atoms with Crippen LogP contribution in [0.1, 0.15) is 34.1 Å². The molecule has 140 valence electrons. The van der Waals surface area contributed by atoms with Gasteiger partial charge < -0.3 is 10.1 Å². The largest absolute Gasteiger partial charge is 0.478 e. The lowest BCUT2D eigenvalue weighted by Crippen LogP contribution is -2.35. The first kappa shape index (κ1) is 17.8. The summed E-state index contributed by atoms with van der Waals surface area (Å²) in [4.78, 5) is 14.9. The summed E-state index contributed by atoms with van der Waals surface area (Å²) in [7, 11) is -3.60. The Morgan fingerprint density at radius 2 is 1.93 bits per heavy atom. The maximum absolute atomic E-state index is 13.1. The Bertz CT molecular complexity index is 1130. The lowest BCUT2D eigenvalue weighted by Gasteiger charge is -2.26. The lowest BCUT2D eigenvalue weighted by molar-refractivity contribution is 0.0697. The smallest absolute Gasteiger partial charge is 0.335 e. The van der Waals surface area contributed by atoms with Gasteiger partial charge in [0.2, 0.25) is 10.0 Å². The van der Waals surface area contributed by atoms with Crippen LogP contribution in [0.2, 0.25) is 0 Å². The number of benzene rings is 2. The predicted octanol–water partition coefficient (Wildman–Crippen LogP) is 3.18. The fourth-order valence-electron chi connectivity index (χ4n) is 3.57. The number of aromatic carboxylic acids is 1. The first-order valence-corrected chi connectivity index (χ1v) is 10.3. The summed E-state index contributed by atoms with van der Waals surface area (Å²) in [6.07, 6.45) is 1.42. The first-order valence-electron chi connectivity index (χ1n) is 8.86. The Balaban J connectivity index is 1.71. The Morgan fingerprint density at radius 1 is 1.19 bits per heavy atom. The van der Waals surface area contributed by atoms with Gasteiger partial charge in [0.05, 0.1) is 10.5 Å². The highest BCUT2D eigenvalue weighted by molar-refractivity contribution is 7.89. The van der Waals surface area contributed by atoms with Crippen molar-refractivity contribution < 1.29 is 18.3 Å². The third-order valence-corrected chi connectivity index (χ3v) is 7.02. The van der Waals surface area contributed by atoms with Crippen LogP contribution >= 0.6 is 0 Å². The summed E-state index contributed by atoms with van der Waals surface area (Å²) in [6, 6.07) is 11.9. The molecule has 0 radical (unpaired) electrons. The van der Waals surface area contributed by atoms with Crippen LogP contribution in [0.5, 0.6) is 0 Å². The zero-order valence-electron chi connectivity index (χ0n) is 14.9. The molecule has 1 aliphatic rings. The molecule has 0 aliphatic carbocycles. The monoisotopic (exact) mass is 384 g/mol. The van der Waals surface area contributed by atoms with E-state index in [1.807, 2.05) is 19.1 Å². The van der Waals surface area contributed by atoms with Gasteiger partial charge in [0.15, 0.2) is 0 Å². The molecule has 0 atom stereocenters. The standard InChI is InChI=1S/C20H20N2O4S/c1-2-13-3-6-15(7-4-13)27(25,26)22-10-9-19-17(12-22)16-11-14(20(23)24)5-8-18(16)21-19/h3-8,11,21H,2,9-10,12H2,1H3,(H,23,24). The molecule has 2 N–H and O–H groups in total. The summed E-state index contributed by atoms with van der Waals surface area (Å²) in [5.74, 6) is -0.997. The minimum Gasteiger partial charge on any atom is -0.478 e. The van der Waals surface area contributed by atoms with Crippen molar-refractivity contribution in [2.24, 2.45) is 0 Å². The molecule has 0 saturated carbocycles. The summed E-state index contributed by atoms with van der Waals surface area (Å²) in [6.45, 7) is 2.65. The second-order valence-electron chi connectivity index (χ2n) is 6.73. The van der Waals surface area contributed by atoms with E-state index in [1.165, 1.54) is 4.31 Å². The fourth-order valence-corrected chi connectivity index (χ4v) is 4.98. The van der Waals surface area contributed by atoms with E-state index < -0.39 is 16.0 Å². The Hall–Kier alpha value is -2.64. The number of nitrogens with zero attached hydrogens (tertiary/aromatic N) is 1. The fraction of sp³-hybridized carbons (Fsp3) is 0.250. The number of H-pyrrole nitrogens is 1. The summed E-state index contributed by atoms with van der Waals surface area (Å²) in [5, 5.41) is 10.0. The molecule has 3 aromatic rings. The summed E-state index contributed by atoms with van der Waals surface area (Å²) in [5.41, 5.74) is 3.94. The minimum absolute atomic E-state index is 0.194. The molecule has 7 heteroatoms. The molecule has 0 spiro atoms. The van der Waals surface area contributed by atoms with E-state index in [0.29, 0.717) is 13.0 Å². The van der Waals surface area contributed by atoms with E-state index in [0.717, 1.165) is 34.1 Å². The maximum atomic E-state index is 13.1. The van der Waals surface area contributed by atoms with Gasteiger partial charge in [-0.2, -0.15) is 4.31 Å². The van der Waals surface area contributed by atoms with Crippen molar-refractivity contribution in [3.8, 4) is 0 Å². The molecule has 0 saturated heterocycles. The van der Waals surface area contributed by atoms with Crippen LogP contribution in [-0.4, -0.2) is 35.3 Å². The number of aromatic nitrogens is 1. The van der Waals surface area contributed by atoms with Gasteiger partial charge in [-0.05, 0) is 47.9 Å². The second-order valence-corrected chi connectivity index (χ2v) is 8.67. The van der Waals surface area contributed by atoms with Crippen molar-refractivity contribution in [2.45, 2.75) is 31.2 Å². The summed E-state index contributed by atoms with van der Waals surface area (Å²) >= 11 is 0. The highest BCUT2D eigenvalue weighted by Gasteiger charge is 2.30. The Kier molecular flexibility index (Phi) is 4.28. The molecule has 0 fully saturated rings. The van der Waals surface area contributed by atoms with Crippen molar-refractivity contribution in [1.82, 2.24) is 9.29 Å². The van der Waals surface area contributed by atoms with E-state index in [2.05, 4.69) is 4.98 Å². The highest BCUT2D eigenvalue weighted by atomic mass is 32.2. The molecule has 1 aliphatic heterocycles. The minimum atomic E-state index is -3.60.